The summed E-state index contributed by atoms with van der Waals surface area (Å²) in [6.45, 7) is 2.20. The molecule has 5 unspecified atom stereocenters. The Kier molecular flexibility index (Phi) is 5.18. The molecule has 1 saturated carbocycles. The minimum atomic E-state index is -0.392. The highest BCUT2D eigenvalue weighted by Gasteiger charge is 2.40. The van der Waals surface area contributed by atoms with E-state index in [0.717, 1.165) is 32.4 Å². The molecule has 1 aliphatic carbocycles. The number of alkyl halides is 2. The Labute approximate surface area is 120 Å². The Morgan fingerprint density at radius 2 is 1.72 bits per heavy atom. The van der Waals surface area contributed by atoms with Gasteiger partial charge in [-0.05, 0) is 51.7 Å². The Morgan fingerprint density at radius 1 is 1.17 bits per heavy atom. The molecule has 0 aromatic carbocycles. The summed E-state index contributed by atoms with van der Waals surface area (Å²) in [7, 11) is 2.14. The van der Waals surface area contributed by atoms with Crippen molar-refractivity contribution in [2.45, 2.75) is 48.6 Å². The van der Waals surface area contributed by atoms with E-state index in [0.29, 0.717) is 12.3 Å². The predicted octanol–water partition coefficient (Wildman–Crippen LogP) is 1.64. The first-order valence-corrected chi connectivity index (χ1v) is 7.76. The zero-order chi connectivity index (χ0) is 13.3. The van der Waals surface area contributed by atoms with Crippen molar-refractivity contribution >= 4 is 23.2 Å². The molecule has 18 heavy (non-hydrogen) atoms. The van der Waals surface area contributed by atoms with Crippen LogP contribution in [0.3, 0.4) is 0 Å². The molecule has 3 N–H and O–H groups in total. The molecule has 0 aromatic rings. The van der Waals surface area contributed by atoms with Gasteiger partial charge < -0.3 is 15.7 Å². The van der Waals surface area contributed by atoms with Crippen LogP contribution in [0.4, 0.5) is 0 Å². The highest BCUT2D eigenvalue weighted by atomic mass is 35.5. The highest BCUT2D eigenvalue weighted by molar-refractivity contribution is 6.30. The Morgan fingerprint density at radius 3 is 2.33 bits per heavy atom. The number of likely N-dealkylation sites (tertiary alicyclic amines) is 1. The first-order chi connectivity index (χ1) is 8.49. The van der Waals surface area contributed by atoms with E-state index in [2.05, 4.69) is 11.9 Å². The molecule has 0 amide bonds. The quantitative estimate of drug-likeness (QED) is 0.762. The minimum Gasteiger partial charge on any atom is -0.393 e. The summed E-state index contributed by atoms with van der Waals surface area (Å²) in [4.78, 5) is 2.33. The molecule has 2 fully saturated rings. The molecule has 106 valence electrons. The van der Waals surface area contributed by atoms with Gasteiger partial charge in [0.15, 0.2) is 0 Å². The molecule has 0 radical (unpaired) electrons. The molecular formula is C13H24Cl2N2O. The van der Waals surface area contributed by atoms with Crippen LogP contribution in [0.1, 0.15) is 25.7 Å². The van der Waals surface area contributed by atoms with Crippen LogP contribution in [0.15, 0.2) is 0 Å². The molecule has 0 bridgehead atoms. The van der Waals surface area contributed by atoms with Gasteiger partial charge in [0, 0.05) is 12.0 Å². The van der Waals surface area contributed by atoms with Gasteiger partial charge in [-0.3, -0.25) is 0 Å². The molecule has 1 heterocycles. The number of rotatable bonds is 2. The lowest BCUT2D eigenvalue weighted by atomic mass is 9.74. The summed E-state index contributed by atoms with van der Waals surface area (Å²) in [5.41, 5.74) is 6.39. The van der Waals surface area contributed by atoms with Crippen molar-refractivity contribution < 1.29 is 5.11 Å². The van der Waals surface area contributed by atoms with Crippen LogP contribution in [0.2, 0.25) is 0 Å². The molecule has 0 aromatic heterocycles. The van der Waals surface area contributed by atoms with Gasteiger partial charge in [-0.25, -0.2) is 0 Å². The van der Waals surface area contributed by atoms with Crippen molar-refractivity contribution in [3.8, 4) is 0 Å². The third-order valence-corrected chi connectivity index (χ3v) is 5.75. The van der Waals surface area contributed by atoms with E-state index in [1.165, 1.54) is 0 Å². The van der Waals surface area contributed by atoms with Gasteiger partial charge in [-0.1, -0.05) is 0 Å². The van der Waals surface area contributed by atoms with Crippen molar-refractivity contribution in [2.75, 3.05) is 20.1 Å². The smallest absolute Gasteiger partial charge is 0.0598 e. The van der Waals surface area contributed by atoms with Crippen molar-refractivity contribution in [2.24, 2.45) is 17.6 Å². The Bertz CT molecular complexity index is 272. The average Bonchev–Trinajstić information content (AvgIpc) is 2.34. The van der Waals surface area contributed by atoms with Gasteiger partial charge in [0.1, 0.15) is 0 Å². The standard InChI is InChI=1S/C13H24Cl2N2O/c1-17-4-2-8(3-5-17)13(16)9-6-10(14)11(15)7-12(9)18/h8-13,18H,2-7,16H2,1H3. The second kappa shape index (κ2) is 6.27. The van der Waals surface area contributed by atoms with E-state index in [-0.39, 0.29) is 22.7 Å². The lowest BCUT2D eigenvalue weighted by Crippen LogP contribution is -2.51. The number of halogens is 2. The number of hydrogen-bond donors (Lipinski definition) is 2. The topological polar surface area (TPSA) is 49.5 Å². The lowest BCUT2D eigenvalue weighted by molar-refractivity contribution is 0.0375. The number of aliphatic hydroxyl groups excluding tert-OH is 1. The van der Waals surface area contributed by atoms with Gasteiger partial charge in [0.2, 0.25) is 0 Å². The van der Waals surface area contributed by atoms with E-state index < -0.39 is 6.10 Å². The Hall–Kier alpha value is 0.460. The molecular weight excluding hydrogens is 271 g/mol. The monoisotopic (exact) mass is 294 g/mol. The summed E-state index contributed by atoms with van der Waals surface area (Å²) in [5.74, 6) is 0.618. The fraction of sp³-hybridized carbons (Fsp3) is 1.00. The maximum absolute atomic E-state index is 10.2. The first kappa shape index (κ1) is 14.9. The number of hydrogen-bond acceptors (Lipinski definition) is 3. The molecule has 2 rings (SSSR count). The SMILES string of the molecule is CN1CCC(C(N)C2CC(Cl)C(Cl)CC2O)CC1. The van der Waals surface area contributed by atoms with Crippen LogP contribution in [-0.2, 0) is 0 Å². The van der Waals surface area contributed by atoms with Gasteiger partial charge in [-0.2, -0.15) is 0 Å². The summed E-state index contributed by atoms with van der Waals surface area (Å²) in [6.07, 6.45) is 3.17. The maximum atomic E-state index is 10.2. The highest BCUT2D eigenvalue weighted by Crippen LogP contribution is 2.36. The third-order valence-electron chi connectivity index (χ3n) is 4.65. The van der Waals surface area contributed by atoms with Crippen molar-refractivity contribution in [1.29, 1.82) is 0 Å². The predicted molar refractivity (Wildman–Crippen MR) is 76.2 cm³/mol. The van der Waals surface area contributed by atoms with E-state index >= 15 is 0 Å². The zero-order valence-corrected chi connectivity index (χ0v) is 12.4. The minimum absolute atomic E-state index is 0.0547. The molecule has 5 heteroatoms. The van der Waals surface area contributed by atoms with E-state index in [4.69, 9.17) is 28.9 Å². The fourth-order valence-electron chi connectivity index (χ4n) is 3.29. The van der Waals surface area contributed by atoms with Crippen LogP contribution < -0.4 is 5.73 Å². The van der Waals surface area contributed by atoms with Crippen molar-refractivity contribution in [1.82, 2.24) is 4.90 Å². The molecule has 1 aliphatic heterocycles. The number of piperidine rings is 1. The second-order valence-electron chi connectivity index (χ2n) is 5.95. The van der Waals surface area contributed by atoms with Crippen molar-refractivity contribution in [3.63, 3.8) is 0 Å². The van der Waals surface area contributed by atoms with Crippen LogP contribution in [-0.4, -0.2) is 53.0 Å². The Balaban J connectivity index is 1.93. The van der Waals surface area contributed by atoms with Crippen LogP contribution in [0.5, 0.6) is 0 Å². The fourth-order valence-corrected chi connectivity index (χ4v) is 3.89. The van der Waals surface area contributed by atoms with E-state index in [1.54, 1.807) is 0 Å². The number of nitrogens with two attached hydrogens (primary N) is 1. The van der Waals surface area contributed by atoms with Gasteiger partial charge in [0.05, 0.1) is 16.9 Å². The molecule has 5 atom stereocenters. The largest absolute Gasteiger partial charge is 0.393 e. The number of nitrogens with zero attached hydrogens (tertiary/aromatic N) is 1. The summed E-state index contributed by atoms with van der Waals surface area (Å²) in [5, 5.41) is 10.00. The summed E-state index contributed by atoms with van der Waals surface area (Å²) >= 11 is 12.3. The third kappa shape index (κ3) is 3.31. The normalized spacial score (nSPS) is 41.8. The van der Waals surface area contributed by atoms with Gasteiger partial charge in [0.25, 0.3) is 0 Å². The van der Waals surface area contributed by atoms with Crippen LogP contribution in [0.25, 0.3) is 0 Å². The summed E-state index contributed by atoms with van der Waals surface area (Å²) < 4.78 is 0. The van der Waals surface area contributed by atoms with Gasteiger partial charge >= 0.3 is 0 Å². The molecule has 3 nitrogen and oxygen atoms in total. The van der Waals surface area contributed by atoms with Gasteiger partial charge in [-0.15, -0.1) is 23.2 Å². The van der Waals surface area contributed by atoms with Crippen molar-refractivity contribution in [3.05, 3.63) is 0 Å². The van der Waals surface area contributed by atoms with E-state index in [9.17, 15) is 5.11 Å². The maximum Gasteiger partial charge on any atom is 0.0598 e. The van der Waals surface area contributed by atoms with Crippen LogP contribution in [0, 0.1) is 11.8 Å². The lowest BCUT2D eigenvalue weighted by Gasteiger charge is -2.42. The molecule has 0 spiro atoms. The van der Waals surface area contributed by atoms with E-state index in [1.807, 2.05) is 0 Å². The zero-order valence-electron chi connectivity index (χ0n) is 10.9. The average molecular weight is 295 g/mol. The molecule has 1 saturated heterocycles. The second-order valence-corrected chi connectivity index (χ2v) is 7.07. The van der Waals surface area contributed by atoms with Crippen LogP contribution >= 0.6 is 23.2 Å². The first-order valence-electron chi connectivity index (χ1n) is 6.89. The number of aliphatic hydroxyl groups is 1. The summed E-state index contributed by atoms with van der Waals surface area (Å²) in [6, 6.07) is 0.0547. The molecule has 2 aliphatic rings.